The van der Waals surface area contributed by atoms with Crippen LogP contribution in [0.4, 0.5) is 0 Å². The molecule has 94 valence electrons. The lowest BCUT2D eigenvalue weighted by Gasteiger charge is -2.38. The maximum Gasteiger partial charge on any atom is 0.254 e. The second-order valence-corrected chi connectivity index (χ2v) is 5.40. The zero-order valence-corrected chi connectivity index (χ0v) is 11.2. The lowest BCUT2D eigenvalue weighted by Crippen LogP contribution is -2.57. The molecule has 1 aromatic heterocycles. The summed E-state index contributed by atoms with van der Waals surface area (Å²) in [7, 11) is 0. The van der Waals surface area contributed by atoms with Gasteiger partial charge in [0.05, 0.1) is 21.7 Å². The lowest BCUT2D eigenvalue weighted by molar-refractivity contribution is -0.00293. The van der Waals surface area contributed by atoms with Gasteiger partial charge in [0.25, 0.3) is 5.91 Å². The molecule has 0 saturated heterocycles. The maximum atomic E-state index is 12.0. The smallest absolute Gasteiger partial charge is 0.254 e. The van der Waals surface area contributed by atoms with Crippen molar-refractivity contribution in [3.63, 3.8) is 0 Å². The summed E-state index contributed by atoms with van der Waals surface area (Å²) < 4.78 is 0. The van der Waals surface area contributed by atoms with E-state index in [4.69, 9.17) is 11.6 Å². The number of amides is 1. The molecule has 17 heavy (non-hydrogen) atoms. The van der Waals surface area contributed by atoms with E-state index in [9.17, 15) is 9.90 Å². The van der Waals surface area contributed by atoms with Gasteiger partial charge in [-0.1, -0.05) is 11.6 Å². The molecule has 0 aliphatic rings. The molecular formula is C12H17ClN2O2. The third-order valence-electron chi connectivity index (χ3n) is 2.97. The Kier molecular flexibility index (Phi) is 3.79. The van der Waals surface area contributed by atoms with Gasteiger partial charge in [-0.3, -0.25) is 9.78 Å². The molecule has 0 radical (unpaired) electrons. The van der Waals surface area contributed by atoms with Crippen LogP contribution in [0.2, 0.25) is 5.02 Å². The number of aliphatic hydroxyl groups is 1. The zero-order chi connectivity index (χ0) is 13.3. The fourth-order valence-corrected chi connectivity index (χ4v) is 1.24. The minimum atomic E-state index is -1.04. The molecule has 1 amide bonds. The molecule has 0 aliphatic carbocycles. The van der Waals surface area contributed by atoms with Crippen LogP contribution in [-0.2, 0) is 0 Å². The Hall–Kier alpha value is -1.13. The minimum absolute atomic E-state index is 0.298. The van der Waals surface area contributed by atoms with Gasteiger partial charge in [0.2, 0.25) is 0 Å². The van der Waals surface area contributed by atoms with Crippen molar-refractivity contribution in [2.24, 2.45) is 0 Å². The number of carbonyl (C=O) groups is 1. The number of pyridine rings is 1. The summed E-state index contributed by atoms with van der Waals surface area (Å²) in [5.74, 6) is -0.352. The minimum Gasteiger partial charge on any atom is -0.388 e. The van der Waals surface area contributed by atoms with Crippen LogP contribution in [0.3, 0.4) is 0 Å². The van der Waals surface area contributed by atoms with Gasteiger partial charge in [-0.2, -0.15) is 0 Å². The van der Waals surface area contributed by atoms with Gasteiger partial charge >= 0.3 is 0 Å². The van der Waals surface area contributed by atoms with E-state index >= 15 is 0 Å². The Labute approximate surface area is 106 Å². The van der Waals surface area contributed by atoms with Crippen molar-refractivity contribution >= 4 is 17.5 Å². The SMILES string of the molecule is CC(C)(O)C(C)(C)NC(=O)c1cnccc1Cl. The molecule has 1 aromatic rings. The summed E-state index contributed by atoms with van der Waals surface area (Å²) in [4.78, 5) is 15.8. The normalized spacial score (nSPS) is 12.4. The molecule has 5 heteroatoms. The van der Waals surface area contributed by atoms with Gasteiger partial charge in [0.1, 0.15) is 0 Å². The molecule has 0 spiro atoms. The Morgan fingerprint density at radius 2 is 2.00 bits per heavy atom. The summed E-state index contributed by atoms with van der Waals surface area (Å²) in [5, 5.41) is 13.0. The second-order valence-electron chi connectivity index (χ2n) is 4.99. The van der Waals surface area contributed by atoms with Crippen LogP contribution in [0, 0.1) is 0 Å². The van der Waals surface area contributed by atoms with Crippen molar-refractivity contribution in [2.45, 2.75) is 38.8 Å². The molecular weight excluding hydrogens is 240 g/mol. The Morgan fingerprint density at radius 3 is 2.47 bits per heavy atom. The first kappa shape index (κ1) is 13.9. The number of nitrogens with zero attached hydrogens (tertiary/aromatic N) is 1. The quantitative estimate of drug-likeness (QED) is 0.870. The monoisotopic (exact) mass is 256 g/mol. The van der Waals surface area contributed by atoms with Crippen molar-refractivity contribution in [3.8, 4) is 0 Å². The third-order valence-corrected chi connectivity index (χ3v) is 3.30. The number of hydrogen-bond donors (Lipinski definition) is 2. The summed E-state index contributed by atoms with van der Waals surface area (Å²) in [6, 6.07) is 1.55. The molecule has 0 aliphatic heterocycles. The molecule has 0 bridgehead atoms. The summed E-state index contributed by atoms with van der Waals surface area (Å²) in [6.07, 6.45) is 2.92. The molecule has 2 N–H and O–H groups in total. The van der Waals surface area contributed by atoms with Crippen LogP contribution in [-0.4, -0.2) is 27.1 Å². The van der Waals surface area contributed by atoms with Crippen molar-refractivity contribution in [1.29, 1.82) is 0 Å². The van der Waals surface area contributed by atoms with Gasteiger partial charge in [-0.05, 0) is 33.8 Å². The van der Waals surface area contributed by atoms with Crippen LogP contribution < -0.4 is 5.32 Å². The Morgan fingerprint density at radius 1 is 1.41 bits per heavy atom. The predicted octanol–water partition coefficient (Wildman–Crippen LogP) is 2.01. The first-order valence-electron chi connectivity index (χ1n) is 5.29. The van der Waals surface area contributed by atoms with E-state index in [1.165, 1.54) is 12.4 Å². The van der Waals surface area contributed by atoms with Gasteiger partial charge < -0.3 is 10.4 Å². The van der Waals surface area contributed by atoms with Crippen molar-refractivity contribution in [1.82, 2.24) is 10.3 Å². The highest BCUT2D eigenvalue weighted by molar-refractivity contribution is 6.33. The van der Waals surface area contributed by atoms with Gasteiger partial charge in [-0.15, -0.1) is 0 Å². The molecule has 0 aromatic carbocycles. The topological polar surface area (TPSA) is 62.2 Å². The summed E-state index contributed by atoms with van der Waals surface area (Å²) >= 11 is 5.90. The van der Waals surface area contributed by atoms with E-state index in [0.717, 1.165) is 0 Å². The summed E-state index contributed by atoms with van der Waals surface area (Å²) in [6.45, 7) is 6.76. The molecule has 0 fully saturated rings. The third kappa shape index (κ3) is 3.17. The highest BCUT2D eigenvalue weighted by atomic mass is 35.5. The molecule has 4 nitrogen and oxygen atoms in total. The van der Waals surface area contributed by atoms with Crippen LogP contribution in [0.5, 0.6) is 0 Å². The lowest BCUT2D eigenvalue weighted by atomic mass is 9.86. The molecule has 1 heterocycles. The zero-order valence-electron chi connectivity index (χ0n) is 10.4. The molecule has 0 atom stereocenters. The first-order valence-corrected chi connectivity index (χ1v) is 5.67. The first-order chi connectivity index (χ1) is 7.65. The maximum absolute atomic E-state index is 12.0. The predicted molar refractivity (Wildman–Crippen MR) is 67.1 cm³/mol. The van der Waals surface area contributed by atoms with E-state index in [0.29, 0.717) is 10.6 Å². The second kappa shape index (κ2) is 4.63. The highest BCUT2D eigenvalue weighted by Gasteiger charge is 2.36. The van der Waals surface area contributed by atoms with Crippen LogP contribution >= 0.6 is 11.6 Å². The standard InChI is InChI=1S/C12H17ClN2O2/c1-11(2,12(3,4)17)15-10(16)8-7-14-6-5-9(8)13/h5-7,17H,1-4H3,(H,15,16). The average Bonchev–Trinajstić information content (AvgIpc) is 2.15. The largest absolute Gasteiger partial charge is 0.388 e. The van der Waals surface area contributed by atoms with E-state index in [1.807, 2.05) is 0 Å². The van der Waals surface area contributed by atoms with Crippen LogP contribution in [0.15, 0.2) is 18.5 Å². The fraction of sp³-hybridized carbons (Fsp3) is 0.500. The number of hydrogen-bond acceptors (Lipinski definition) is 3. The Bertz CT molecular complexity index is 425. The van der Waals surface area contributed by atoms with E-state index in [2.05, 4.69) is 10.3 Å². The fourth-order valence-electron chi connectivity index (χ4n) is 1.05. The van der Waals surface area contributed by atoms with E-state index in [1.54, 1.807) is 33.8 Å². The molecule has 0 saturated carbocycles. The average molecular weight is 257 g/mol. The molecule has 0 unspecified atom stereocenters. The van der Waals surface area contributed by atoms with Gasteiger partial charge in [-0.25, -0.2) is 0 Å². The number of nitrogens with one attached hydrogen (secondary N) is 1. The van der Waals surface area contributed by atoms with E-state index in [-0.39, 0.29) is 5.91 Å². The highest BCUT2D eigenvalue weighted by Crippen LogP contribution is 2.22. The number of aromatic nitrogens is 1. The van der Waals surface area contributed by atoms with Crippen LogP contribution in [0.25, 0.3) is 0 Å². The van der Waals surface area contributed by atoms with Crippen molar-refractivity contribution < 1.29 is 9.90 Å². The Balaban J connectivity index is 2.92. The van der Waals surface area contributed by atoms with Crippen molar-refractivity contribution in [2.75, 3.05) is 0 Å². The van der Waals surface area contributed by atoms with Crippen molar-refractivity contribution in [3.05, 3.63) is 29.0 Å². The van der Waals surface area contributed by atoms with Gasteiger partial charge in [0.15, 0.2) is 0 Å². The van der Waals surface area contributed by atoms with Gasteiger partial charge in [0, 0.05) is 12.4 Å². The van der Waals surface area contributed by atoms with E-state index < -0.39 is 11.1 Å². The number of carbonyl (C=O) groups excluding carboxylic acids is 1. The number of halogens is 1. The molecule has 1 rings (SSSR count). The summed E-state index contributed by atoms with van der Waals surface area (Å²) in [5.41, 5.74) is -1.52. The number of rotatable bonds is 3. The van der Waals surface area contributed by atoms with Crippen LogP contribution in [0.1, 0.15) is 38.1 Å².